The fourth-order valence-corrected chi connectivity index (χ4v) is 1.95. The zero-order chi connectivity index (χ0) is 15.1. The van der Waals surface area contributed by atoms with Crippen LogP contribution in [0.15, 0.2) is 18.2 Å². The van der Waals surface area contributed by atoms with Crippen LogP contribution in [-0.2, 0) is 4.79 Å². The van der Waals surface area contributed by atoms with Crippen LogP contribution in [0, 0.1) is 0 Å². The van der Waals surface area contributed by atoms with Gasteiger partial charge in [-0.1, -0.05) is 13.3 Å². The molecule has 1 aromatic carbocycles. The van der Waals surface area contributed by atoms with Crippen molar-refractivity contribution in [3.8, 4) is 0 Å². The minimum absolute atomic E-state index is 0.115. The molecule has 1 aromatic rings. The van der Waals surface area contributed by atoms with Gasteiger partial charge in [-0.2, -0.15) is 0 Å². The highest BCUT2D eigenvalue weighted by atomic mass is 16.2. The molecule has 1 rings (SSSR count). The SMILES string of the molecule is CCCCN(CC(N)=O)c1ccc(C(=O)NC)cc1N. The van der Waals surface area contributed by atoms with Crippen LogP contribution >= 0.6 is 0 Å². The first kappa shape index (κ1) is 15.8. The van der Waals surface area contributed by atoms with Crippen LogP contribution in [0.3, 0.4) is 0 Å². The van der Waals surface area contributed by atoms with Crippen molar-refractivity contribution in [2.75, 3.05) is 30.8 Å². The third-order valence-electron chi connectivity index (χ3n) is 2.99. The molecule has 0 heterocycles. The predicted octanol–water partition coefficient (Wildman–Crippen LogP) is 0.720. The van der Waals surface area contributed by atoms with E-state index in [9.17, 15) is 9.59 Å². The first-order valence-electron chi connectivity index (χ1n) is 6.64. The molecule has 0 saturated heterocycles. The van der Waals surface area contributed by atoms with Crippen LogP contribution in [0.4, 0.5) is 11.4 Å². The number of nitrogens with one attached hydrogen (secondary N) is 1. The van der Waals surface area contributed by atoms with Gasteiger partial charge >= 0.3 is 0 Å². The summed E-state index contributed by atoms with van der Waals surface area (Å²) in [5.41, 5.74) is 12.9. The van der Waals surface area contributed by atoms with Crippen LogP contribution in [0.2, 0.25) is 0 Å². The molecule has 0 unspecified atom stereocenters. The lowest BCUT2D eigenvalue weighted by Crippen LogP contribution is -2.35. The van der Waals surface area contributed by atoms with E-state index in [1.807, 2.05) is 4.90 Å². The van der Waals surface area contributed by atoms with Crippen LogP contribution in [0.5, 0.6) is 0 Å². The van der Waals surface area contributed by atoms with Crippen molar-refractivity contribution < 1.29 is 9.59 Å². The van der Waals surface area contributed by atoms with Crippen molar-refractivity contribution in [2.45, 2.75) is 19.8 Å². The van der Waals surface area contributed by atoms with E-state index in [-0.39, 0.29) is 12.5 Å². The number of rotatable bonds is 7. The summed E-state index contributed by atoms with van der Waals surface area (Å²) in [6, 6.07) is 5.04. The maximum atomic E-state index is 11.5. The van der Waals surface area contributed by atoms with Crippen LogP contribution in [0.25, 0.3) is 0 Å². The number of anilines is 2. The van der Waals surface area contributed by atoms with Crippen LogP contribution < -0.4 is 21.7 Å². The normalized spacial score (nSPS) is 10.1. The number of carbonyl (C=O) groups excluding carboxylic acids is 2. The Morgan fingerprint density at radius 3 is 2.55 bits per heavy atom. The fourth-order valence-electron chi connectivity index (χ4n) is 1.95. The zero-order valence-corrected chi connectivity index (χ0v) is 12.0. The van der Waals surface area contributed by atoms with Crippen LogP contribution in [-0.4, -0.2) is 32.0 Å². The van der Waals surface area contributed by atoms with Gasteiger partial charge in [0.05, 0.1) is 17.9 Å². The minimum atomic E-state index is -0.407. The molecular weight excluding hydrogens is 256 g/mol. The number of carbonyl (C=O) groups is 2. The summed E-state index contributed by atoms with van der Waals surface area (Å²) in [4.78, 5) is 24.5. The van der Waals surface area contributed by atoms with E-state index in [2.05, 4.69) is 12.2 Å². The number of benzene rings is 1. The summed E-state index contributed by atoms with van der Waals surface area (Å²) in [5, 5.41) is 2.54. The first-order chi connectivity index (χ1) is 9.49. The van der Waals surface area contributed by atoms with Gasteiger partial charge in [0.2, 0.25) is 5.91 Å². The van der Waals surface area contributed by atoms with Crippen molar-refractivity contribution in [2.24, 2.45) is 5.73 Å². The summed E-state index contributed by atoms with van der Waals surface area (Å²) < 4.78 is 0. The molecule has 0 spiro atoms. The lowest BCUT2D eigenvalue weighted by Gasteiger charge is -2.25. The van der Waals surface area contributed by atoms with Gasteiger partial charge in [0.15, 0.2) is 0 Å². The van der Waals surface area contributed by atoms with E-state index in [4.69, 9.17) is 11.5 Å². The van der Waals surface area contributed by atoms with E-state index in [1.165, 1.54) is 0 Å². The van der Waals surface area contributed by atoms with Gasteiger partial charge in [-0.05, 0) is 24.6 Å². The van der Waals surface area contributed by atoms with Crippen molar-refractivity contribution >= 4 is 23.2 Å². The highest BCUT2D eigenvalue weighted by molar-refractivity contribution is 5.96. The second-order valence-corrected chi connectivity index (χ2v) is 4.59. The number of amides is 2. The molecule has 20 heavy (non-hydrogen) atoms. The number of primary amides is 1. The molecule has 5 N–H and O–H groups in total. The summed E-state index contributed by atoms with van der Waals surface area (Å²) in [5.74, 6) is -0.603. The monoisotopic (exact) mass is 278 g/mol. The van der Waals surface area contributed by atoms with Gasteiger partial charge in [-0.3, -0.25) is 9.59 Å². The Morgan fingerprint density at radius 1 is 1.35 bits per heavy atom. The van der Waals surface area contributed by atoms with Crippen molar-refractivity contribution in [3.05, 3.63) is 23.8 Å². The molecule has 6 nitrogen and oxygen atoms in total. The lowest BCUT2D eigenvalue weighted by molar-refractivity contribution is -0.116. The molecule has 0 bridgehead atoms. The summed E-state index contributed by atoms with van der Waals surface area (Å²) in [6.45, 7) is 2.88. The van der Waals surface area contributed by atoms with E-state index < -0.39 is 5.91 Å². The van der Waals surface area contributed by atoms with Crippen molar-refractivity contribution in [1.29, 1.82) is 0 Å². The molecule has 0 fully saturated rings. The topological polar surface area (TPSA) is 101 Å². The van der Waals surface area contributed by atoms with Crippen molar-refractivity contribution in [1.82, 2.24) is 5.32 Å². The standard InChI is InChI=1S/C14H22N4O2/c1-3-4-7-18(9-13(16)19)12-6-5-10(8-11(12)15)14(20)17-2/h5-6,8H,3-4,7,9,15H2,1-2H3,(H2,16,19)(H,17,20). The third kappa shape index (κ3) is 4.15. The first-order valence-corrected chi connectivity index (χ1v) is 6.64. The minimum Gasteiger partial charge on any atom is -0.397 e. The molecule has 6 heteroatoms. The highest BCUT2D eigenvalue weighted by Crippen LogP contribution is 2.24. The van der Waals surface area contributed by atoms with E-state index in [0.717, 1.165) is 18.5 Å². The molecule has 0 atom stereocenters. The summed E-state index contributed by atoms with van der Waals surface area (Å²) in [7, 11) is 1.56. The Labute approximate surface area is 119 Å². The molecule has 2 amide bonds. The number of nitrogens with zero attached hydrogens (tertiary/aromatic N) is 1. The second-order valence-electron chi connectivity index (χ2n) is 4.59. The number of hydrogen-bond acceptors (Lipinski definition) is 4. The maximum Gasteiger partial charge on any atom is 0.251 e. The van der Waals surface area contributed by atoms with Gasteiger partial charge < -0.3 is 21.7 Å². The fraction of sp³-hybridized carbons (Fsp3) is 0.429. The average molecular weight is 278 g/mol. The predicted molar refractivity (Wildman–Crippen MR) is 80.6 cm³/mol. The molecule has 0 aromatic heterocycles. The number of hydrogen-bond donors (Lipinski definition) is 3. The Kier molecular flexibility index (Phi) is 5.83. The van der Waals surface area contributed by atoms with E-state index in [1.54, 1.807) is 25.2 Å². The smallest absolute Gasteiger partial charge is 0.251 e. The van der Waals surface area contributed by atoms with Gasteiger partial charge in [0, 0.05) is 19.2 Å². The quantitative estimate of drug-likeness (QED) is 0.640. The van der Waals surface area contributed by atoms with Gasteiger partial charge in [-0.25, -0.2) is 0 Å². The zero-order valence-electron chi connectivity index (χ0n) is 12.0. The molecule has 0 saturated carbocycles. The molecule has 0 aliphatic heterocycles. The van der Waals surface area contributed by atoms with Crippen LogP contribution in [0.1, 0.15) is 30.1 Å². The molecule has 0 aliphatic rings. The van der Waals surface area contributed by atoms with E-state index >= 15 is 0 Å². The average Bonchev–Trinajstić information content (AvgIpc) is 2.42. The summed E-state index contributed by atoms with van der Waals surface area (Å²) in [6.07, 6.45) is 1.94. The number of nitrogen functional groups attached to an aromatic ring is 1. The Balaban J connectivity index is 3.01. The van der Waals surface area contributed by atoms with Gasteiger partial charge in [0.25, 0.3) is 5.91 Å². The Bertz CT molecular complexity index is 488. The van der Waals surface area contributed by atoms with E-state index in [0.29, 0.717) is 17.8 Å². The molecule has 110 valence electrons. The highest BCUT2D eigenvalue weighted by Gasteiger charge is 2.14. The number of unbranched alkanes of at least 4 members (excludes halogenated alkanes) is 1. The van der Waals surface area contributed by atoms with Crippen molar-refractivity contribution in [3.63, 3.8) is 0 Å². The lowest BCUT2D eigenvalue weighted by atomic mass is 10.1. The largest absolute Gasteiger partial charge is 0.397 e. The molecule has 0 aliphatic carbocycles. The van der Waals surface area contributed by atoms with Gasteiger partial charge in [0.1, 0.15) is 0 Å². The second kappa shape index (κ2) is 7.37. The van der Waals surface area contributed by atoms with Gasteiger partial charge in [-0.15, -0.1) is 0 Å². The summed E-state index contributed by atoms with van der Waals surface area (Å²) >= 11 is 0. The number of nitrogens with two attached hydrogens (primary N) is 2. The molecule has 0 radical (unpaired) electrons. The maximum absolute atomic E-state index is 11.5. The Morgan fingerprint density at radius 2 is 2.05 bits per heavy atom. The Hall–Kier alpha value is -2.24. The molecular formula is C14H22N4O2. The third-order valence-corrected chi connectivity index (χ3v) is 2.99.